The Morgan fingerprint density at radius 1 is 0.408 bits per heavy atom. The van der Waals surface area contributed by atoms with Gasteiger partial charge in [-0.15, -0.1) is 26.3 Å². The molecule has 9 rings (SSSR count). The molecule has 0 aromatic heterocycles. The lowest BCUT2D eigenvalue weighted by Crippen LogP contribution is -2.17. The summed E-state index contributed by atoms with van der Waals surface area (Å²) in [5.74, 6) is -1.13. The molecule has 0 radical (unpaired) electrons. The molecule has 0 saturated carbocycles. The second-order valence-corrected chi connectivity index (χ2v) is 16.9. The van der Waals surface area contributed by atoms with Crippen LogP contribution in [0.15, 0.2) is 139 Å². The van der Waals surface area contributed by atoms with Gasteiger partial charge in [0.25, 0.3) is 0 Å². The van der Waals surface area contributed by atoms with Gasteiger partial charge in [-0.3, -0.25) is 0 Å². The number of rotatable bonds is 8. The van der Waals surface area contributed by atoms with Crippen LogP contribution in [0, 0.1) is 90.6 Å². The van der Waals surface area contributed by atoms with Gasteiger partial charge in [0.15, 0.2) is 0 Å². The highest BCUT2D eigenvalue weighted by Crippen LogP contribution is 2.63. The van der Waals surface area contributed by atoms with E-state index >= 15 is 0 Å². The third-order valence-corrected chi connectivity index (χ3v) is 12.6. The maximum absolute atomic E-state index is 13.8. The van der Waals surface area contributed by atoms with Crippen LogP contribution in [0.3, 0.4) is 0 Å². The first-order chi connectivity index (χ1) is 36.6. The van der Waals surface area contributed by atoms with E-state index in [0.717, 1.165) is 18.2 Å². The Balaban J connectivity index is 1.62. The van der Waals surface area contributed by atoms with E-state index in [-0.39, 0.29) is 135 Å². The average molecular weight is 1000 g/mol. The van der Waals surface area contributed by atoms with Gasteiger partial charge in [0.1, 0.15) is 35.8 Å². The Morgan fingerprint density at radius 2 is 0.829 bits per heavy atom. The van der Waals surface area contributed by atoms with Crippen molar-refractivity contribution < 1.29 is 35.8 Å². The Labute approximate surface area is 429 Å². The quantitative estimate of drug-likeness (QED) is 0.104. The maximum Gasteiger partial charge on any atom is 0.573 e. The van der Waals surface area contributed by atoms with Gasteiger partial charge < -0.3 is 9.47 Å². The molecule has 0 saturated heterocycles. The normalized spacial score (nSPS) is 14.9. The molecule has 0 fully saturated rings. The van der Waals surface area contributed by atoms with E-state index < -0.39 is 24.2 Å². The van der Waals surface area contributed by atoms with Crippen molar-refractivity contribution in [1.29, 1.82) is 42.1 Å². The van der Waals surface area contributed by atoms with Crippen LogP contribution in [0.25, 0.3) is 61.3 Å². The zero-order valence-corrected chi connectivity index (χ0v) is 38.8. The van der Waals surface area contributed by atoms with Crippen molar-refractivity contribution in [3.8, 4) is 65.4 Å². The van der Waals surface area contributed by atoms with Crippen molar-refractivity contribution in [3.05, 3.63) is 212 Å². The van der Waals surface area contributed by atoms with Crippen LogP contribution < -0.4 is 4.74 Å². The summed E-state index contributed by atoms with van der Waals surface area (Å²) in [4.78, 5) is 0. The van der Waals surface area contributed by atoms with Crippen LogP contribution in [0.5, 0.6) is 5.75 Å². The first-order valence-electron chi connectivity index (χ1n) is 22.5. The van der Waals surface area contributed by atoms with Crippen molar-refractivity contribution in [2.45, 2.75) is 25.6 Å². The topological polar surface area (TPSA) is 209 Å². The van der Waals surface area contributed by atoms with Gasteiger partial charge in [0, 0.05) is 51.0 Å². The average Bonchev–Trinajstić information content (AvgIpc) is 4.12. The molecule has 0 aliphatic heterocycles. The number of hydrogen-bond acceptors (Lipinski definition) is 10. The van der Waals surface area contributed by atoms with Crippen LogP contribution in [0.4, 0.5) is 26.3 Å². The molecule has 6 aromatic carbocycles. The van der Waals surface area contributed by atoms with Crippen LogP contribution in [-0.4, -0.2) is 12.7 Å². The SMILES string of the molecule is N#CC1=C(c2ccccc2)/C(=C(/C#N)c2cc(C#N)cc(C#N)c2)c2c1c(C1=CC=C(OC(F)(F)F)CC1)c1c(c2-c2ccc(OC(F)(F)F)cc2)C(C#N)=C(c2ccccc2)/C1=C(/C#N)c1cc(C#N)cc(C#N)c1. The molecule has 360 valence electrons. The highest BCUT2D eigenvalue weighted by atomic mass is 19.4. The van der Waals surface area contributed by atoms with Gasteiger partial charge >= 0.3 is 12.7 Å². The summed E-state index contributed by atoms with van der Waals surface area (Å²) in [6.07, 6.45) is -8.39. The summed E-state index contributed by atoms with van der Waals surface area (Å²) in [5, 5.41) is 87.2. The van der Waals surface area contributed by atoms with Gasteiger partial charge in [0.2, 0.25) is 0 Å². The van der Waals surface area contributed by atoms with E-state index in [2.05, 4.69) is 33.8 Å². The van der Waals surface area contributed by atoms with E-state index in [1.54, 1.807) is 60.7 Å². The second-order valence-electron chi connectivity index (χ2n) is 16.9. The van der Waals surface area contributed by atoms with Crippen molar-refractivity contribution in [1.82, 2.24) is 0 Å². The third-order valence-electron chi connectivity index (χ3n) is 12.6. The lowest BCUT2D eigenvalue weighted by Gasteiger charge is -2.26. The molecule has 10 nitrogen and oxygen atoms in total. The number of halogens is 6. The summed E-state index contributed by atoms with van der Waals surface area (Å²) in [6.45, 7) is 0. The first-order valence-corrected chi connectivity index (χ1v) is 22.5. The minimum Gasteiger partial charge on any atom is -0.410 e. The molecule has 3 aliphatic rings. The highest BCUT2D eigenvalue weighted by molar-refractivity contribution is 6.38. The van der Waals surface area contributed by atoms with E-state index in [9.17, 15) is 68.4 Å². The minimum atomic E-state index is -5.13. The largest absolute Gasteiger partial charge is 0.573 e. The predicted molar refractivity (Wildman–Crippen MR) is 265 cm³/mol. The fraction of sp³-hybridized carbons (Fsp3) is 0.0667. The number of nitrogens with zero attached hydrogens (tertiary/aromatic N) is 8. The first kappa shape index (κ1) is 49.8. The Bertz CT molecular complexity index is 4020. The number of benzene rings is 6. The fourth-order valence-electron chi connectivity index (χ4n) is 9.84. The summed E-state index contributed by atoms with van der Waals surface area (Å²) in [7, 11) is 0. The lowest BCUT2D eigenvalue weighted by molar-refractivity contribution is -0.306. The van der Waals surface area contributed by atoms with Crippen LogP contribution >= 0.6 is 0 Å². The number of fused-ring (bicyclic) bond motifs is 2. The molecule has 0 N–H and O–H groups in total. The van der Waals surface area contributed by atoms with Crippen LogP contribution in [-0.2, 0) is 4.74 Å². The smallest absolute Gasteiger partial charge is 0.410 e. The number of allylic oxidation sites excluding steroid dienone is 12. The van der Waals surface area contributed by atoms with Gasteiger partial charge in [-0.1, -0.05) is 78.9 Å². The van der Waals surface area contributed by atoms with Gasteiger partial charge in [0.05, 0.1) is 68.8 Å². The number of ether oxygens (including phenoxy) is 2. The molecule has 3 aliphatic carbocycles. The fourth-order valence-corrected chi connectivity index (χ4v) is 9.84. The van der Waals surface area contributed by atoms with Crippen molar-refractivity contribution in [2.24, 2.45) is 0 Å². The summed E-state index contributed by atoms with van der Waals surface area (Å²) in [6, 6.07) is 46.2. The molecule has 16 heteroatoms. The minimum absolute atomic E-state index is 0.00110. The lowest BCUT2D eigenvalue weighted by atomic mass is 9.76. The van der Waals surface area contributed by atoms with E-state index in [4.69, 9.17) is 0 Å². The van der Waals surface area contributed by atoms with Gasteiger partial charge in [-0.25, -0.2) is 0 Å². The molecule has 6 aromatic rings. The standard InChI is InChI=1S/C60H26F6N8O2/c61-59(62,63)75-43-15-11-39(12-16-43)51-55-47(31-73)49(37-7-3-1-4-8-37)53(45(29-71)41-21-33(25-67)19-34(22-41)26-68)57(55)52(40-13-17-44(18-14-40)76-60(64,65)66)56-48(32-74)50(38-9-5-2-6-10-38)54(58(51)56)46(30-72)42-23-35(27-69)20-36(24-42)28-70/h1-13,15-17,19-24H,14,18H2/b53-45+,54-46+. The van der Waals surface area contributed by atoms with Crippen LogP contribution in [0.2, 0.25) is 0 Å². The molecule has 0 unspecified atom stereocenters. The third kappa shape index (κ3) is 9.07. The van der Waals surface area contributed by atoms with E-state index in [1.165, 1.54) is 54.6 Å². The van der Waals surface area contributed by atoms with Crippen LogP contribution in [0.1, 0.15) is 85.2 Å². The molecule has 0 bridgehead atoms. The summed E-state index contributed by atoms with van der Waals surface area (Å²) >= 11 is 0. The Hall–Kier alpha value is -11.1. The summed E-state index contributed by atoms with van der Waals surface area (Å²) in [5.41, 5.74) is 0.687. The van der Waals surface area contributed by atoms with Crippen molar-refractivity contribution in [3.63, 3.8) is 0 Å². The number of nitriles is 8. The molecular formula is C60H26F6N8O2. The van der Waals surface area contributed by atoms with Crippen molar-refractivity contribution in [2.75, 3.05) is 0 Å². The van der Waals surface area contributed by atoms with Gasteiger partial charge in [-0.2, -0.15) is 42.1 Å². The molecular weight excluding hydrogens is 979 g/mol. The Morgan fingerprint density at radius 3 is 1.20 bits per heavy atom. The Kier molecular flexibility index (Phi) is 13.0. The highest BCUT2D eigenvalue weighted by Gasteiger charge is 2.45. The summed E-state index contributed by atoms with van der Waals surface area (Å²) < 4.78 is 91.2. The van der Waals surface area contributed by atoms with Gasteiger partial charge in [-0.05, 0) is 106 Å². The zero-order valence-electron chi connectivity index (χ0n) is 38.8. The zero-order chi connectivity index (χ0) is 54.1. The molecule has 0 atom stereocenters. The molecule has 0 spiro atoms. The molecule has 76 heavy (non-hydrogen) atoms. The number of hydrogen-bond donors (Lipinski definition) is 0. The molecule has 0 heterocycles. The van der Waals surface area contributed by atoms with Crippen molar-refractivity contribution >= 4 is 50.2 Å². The second kappa shape index (κ2) is 19.8. The van der Waals surface area contributed by atoms with E-state index in [1.807, 2.05) is 24.3 Å². The number of alkyl halides is 6. The molecule has 0 amide bonds. The maximum atomic E-state index is 13.8. The monoisotopic (exact) mass is 1000 g/mol. The predicted octanol–water partition coefficient (Wildman–Crippen LogP) is 14.1. The van der Waals surface area contributed by atoms with E-state index in [0.29, 0.717) is 11.1 Å².